The second-order valence-corrected chi connectivity index (χ2v) is 4.15. The van der Waals surface area contributed by atoms with Crippen LogP contribution in [0.4, 0.5) is 0 Å². The molecule has 3 nitrogen and oxygen atoms in total. The first-order valence-electron chi connectivity index (χ1n) is 5.65. The molecular formula is C13H18N2O. The van der Waals surface area contributed by atoms with Crippen LogP contribution >= 0.6 is 0 Å². The van der Waals surface area contributed by atoms with Gasteiger partial charge in [0, 0.05) is 20.3 Å². The van der Waals surface area contributed by atoms with Gasteiger partial charge in [-0.25, -0.2) is 4.98 Å². The first-order chi connectivity index (χ1) is 7.72. The molecule has 1 aromatic heterocycles. The van der Waals surface area contributed by atoms with Crippen LogP contribution in [0.15, 0.2) is 18.2 Å². The minimum Gasteiger partial charge on any atom is -0.385 e. The van der Waals surface area contributed by atoms with E-state index >= 15 is 0 Å². The van der Waals surface area contributed by atoms with Gasteiger partial charge in [0.25, 0.3) is 0 Å². The molecule has 0 amide bonds. The fourth-order valence-electron chi connectivity index (χ4n) is 2.01. The van der Waals surface area contributed by atoms with Crippen LogP contribution in [0.3, 0.4) is 0 Å². The first-order valence-corrected chi connectivity index (χ1v) is 5.65. The van der Waals surface area contributed by atoms with Crippen molar-refractivity contribution >= 4 is 11.0 Å². The van der Waals surface area contributed by atoms with Crippen LogP contribution in [0.1, 0.15) is 17.8 Å². The van der Waals surface area contributed by atoms with Crippen LogP contribution in [0.25, 0.3) is 11.0 Å². The standard InChI is InChI=1S/C13H18N2O/c1-10-5-6-13-12(9-10)14-11(2)15(13)7-4-8-16-3/h5-6,9H,4,7-8H2,1-3H3. The van der Waals surface area contributed by atoms with E-state index in [4.69, 9.17) is 4.74 Å². The van der Waals surface area contributed by atoms with E-state index in [0.29, 0.717) is 0 Å². The Morgan fingerprint density at radius 1 is 1.31 bits per heavy atom. The van der Waals surface area contributed by atoms with Crippen LogP contribution in [0.5, 0.6) is 0 Å². The zero-order chi connectivity index (χ0) is 11.5. The van der Waals surface area contributed by atoms with Crippen molar-refractivity contribution in [2.24, 2.45) is 0 Å². The number of nitrogens with zero attached hydrogens (tertiary/aromatic N) is 2. The summed E-state index contributed by atoms with van der Waals surface area (Å²) in [6, 6.07) is 6.42. The molecule has 2 aromatic rings. The van der Waals surface area contributed by atoms with Gasteiger partial charge in [0.1, 0.15) is 5.82 Å². The van der Waals surface area contributed by atoms with Gasteiger partial charge in [0.05, 0.1) is 11.0 Å². The van der Waals surface area contributed by atoms with Crippen LogP contribution in [-0.4, -0.2) is 23.3 Å². The largest absolute Gasteiger partial charge is 0.385 e. The summed E-state index contributed by atoms with van der Waals surface area (Å²) in [5.41, 5.74) is 3.57. The van der Waals surface area contributed by atoms with Crippen LogP contribution in [-0.2, 0) is 11.3 Å². The minimum absolute atomic E-state index is 0.797. The van der Waals surface area contributed by atoms with Crippen LogP contribution < -0.4 is 0 Å². The zero-order valence-corrected chi connectivity index (χ0v) is 10.2. The summed E-state index contributed by atoms with van der Waals surface area (Å²) < 4.78 is 7.34. The molecule has 16 heavy (non-hydrogen) atoms. The van der Waals surface area contributed by atoms with E-state index < -0.39 is 0 Å². The maximum Gasteiger partial charge on any atom is 0.106 e. The lowest BCUT2D eigenvalue weighted by Crippen LogP contribution is -2.03. The lowest BCUT2D eigenvalue weighted by molar-refractivity contribution is 0.190. The van der Waals surface area contributed by atoms with Gasteiger partial charge in [-0.15, -0.1) is 0 Å². The Bertz CT molecular complexity index is 488. The quantitative estimate of drug-likeness (QED) is 0.738. The summed E-state index contributed by atoms with van der Waals surface area (Å²) in [6.07, 6.45) is 1.02. The molecule has 86 valence electrons. The summed E-state index contributed by atoms with van der Waals surface area (Å²) in [5.74, 6) is 1.08. The highest BCUT2D eigenvalue weighted by atomic mass is 16.5. The number of aromatic nitrogens is 2. The lowest BCUT2D eigenvalue weighted by Gasteiger charge is -2.06. The lowest BCUT2D eigenvalue weighted by atomic mass is 10.2. The smallest absolute Gasteiger partial charge is 0.106 e. The minimum atomic E-state index is 0.797. The third-order valence-electron chi connectivity index (χ3n) is 2.82. The van der Waals surface area contributed by atoms with E-state index in [0.717, 1.165) is 30.9 Å². The van der Waals surface area contributed by atoms with Gasteiger partial charge in [-0.1, -0.05) is 6.07 Å². The van der Waals surface area contributed by atoms with E-state index in [9.17, 15) is 0 Å². The van der Waals surface area contributed by atoms with E-state index in [-0.39, 0.29) is 0 Å². The summed E-state index contributed by atoms with van der Waals surface area (Å²) in [6.45, 7) is 5.92. The molecule has 0 spiro atoms. The van der Waals surface area contributed by atoms with Crippen LogP contribution in [0.2, 0.25) is 0 Å². The predicted molar refractivity (Wildman–Crippen MR) is 65.7 cm³/mol. The van der Waals surface area contributed by atoms with Gasteiger partial charge in [0.2, 0.25) is 0 Å². The third-order valence-corrected chi connectivity index (χ3v) is 2.82. The highest BCUT2D eigenvalue weighted by Crippen LogP contribution is 2.17. The number of hydrogen-bond acceptors (Lipinski definition) is 2. The highest BCUT2D eigenvalue weighted by Gasteiger charge is 2.06. The van der Waals surface area contributed by atoms with Crippen molar-refractivity contribution in [3.05, 3.63) is 29.6 Å². The number of aryl methyl sites for hydroxylation is 3. The number of rotatable bonds is 4. The van der Waals surface area contributed by atoms with Gasteiger partial charge >= 0.3 is 0 Å². The summed E-state index contributed by atoms with van der Waals surface area (Å²) >= 11 is 0. The predicted octanol–water partition coefficient (Wildman–Crippen LogP) is 2.69. The molecule has 0 bridgehead atoms. The normalized spacial score (nSPS) is 11.2. The molecule has 0 radical (unpaired) electrons. The van der Waals surface area contributed by atoms with Gasteiger partial charge in [0.15, 0.2) is 0 Å². The first kappa shape index (κ1) is 11.1. The van der Waals surface area contributed by atoms with E-state index in [1.807, 2.05) is 0 Å². The molecule has 0 aliphatic carbocycles. The SMILES string of the molecule is COCCCn1c(C)nc2cc(C)ccc21. The fourth-order valence-corrected chi connectivity index (χ4v) is 2.01. The number of imidazole rings is 1. The van der Waals surface area contributed by atoms with Gasteiger partial charge in [-0.2, -0.15) is 0 Å². The second kappa shape index (κ2) is 4.66. The maximum atomic E-state index is 5.08. The van der Waals surface area contributed by atoms with E-state index in [1.54, 1.807) is 7.11 Å². The molecule has 0 fully saturated rings. The molecule has 0 saturated carbocycles. The Kier molecular flexibility index (Phi) is 3.25. The third kappa shape index (κ3) is 2.09. The Balaban J connectivity index is 2.32. The molecular weight excluding hydrogens is 200 g/mol. The van der Waals surface area contributed by atoms with Gasteiger partial charge < -0.3 is 9.30 Å². The summed E-state index contributed by atoms with van der Waals surface area (Å²) in [5, 5.41) is 0. The topological polar surface area (TPSA) is 27.1 Å². The molecule has 0 unspecified atom stereocenters. The number of ether oxygens (including phenoxy) is 1. The average molecular weight is 218 g/mol. The number of hydrogen-bond donors (Lipinski definition) is 0. The van der Waals surface area contributed by atoms with Gasteiger partial charge in [-0.3, -0.25) is 0 Å². The maximum absolute atomic E-state index is 5.08. The van der Waals surface area contributed by atoms with E-state index in [2.05, 4.69) is 41.6 Å². The Hall–Kier alpha value is -1.35. The monoisotopic (exact) mass is 218 g/mol. The number of benzene rings is 1. The molecule has 2 rings (SSSR count). The van der Waals surface area contributed by atoms with Crippen molar-refractivity contribution in [2.75, 3.05) is 13.7 Å². The highest BCUT2D eigenvalue weighted by molar-refractivity contribution is 5.76. The van der Waals surface area contributed by atoms with Gasteiger partial charge in [-0.05, 0) is 38.0 Å². The summed E-state index contributed by atoms with van der Waals surface area (Å²) in [7, 11) is 1.74. The molecule has 0 atom stereocenters. The fraction of sp³-hybridized carbons (Fsp3) is 0.462. The Labute approximate surface area is 96.1 Å². The number of methoxy groups -OCH3 is 1. The van der Waals surface area contributed by atoms with Crippen molar-refractivity contribution in [1.29, 1.82) is 0 Å². The molecule has 3 heteroatoms. The molecule has 0 aliphatic heterocycles. The molecule has 0 saturated heterocycles. The summed E-state index contributed by atoms with van der Waals surface area (Å²) in [4.78, 5) is 4.57. The molecule has 0 aliphatic rings. The molecule has 1 heterocycles. The van der Waals surface area contributed by atoms with Crippen LogP contribution in [0, 0.1) is 13.8 Å². The van der Waals surface area contributed by atoms with Crippen molar-refractivity contribution in [1.82, 2.24) is 9.55 Å². The van der Waals surface area contributed by atoms with Crippen molar-refractivity contribution < 1.29 is 4.74 Å². The molecule has 1 aromatic carbocycles. The van der Waals surface area contributed by atoms with Crippen molar-refractivity contribution in [3.8, 4) is 0 Å². The van der Waals surface area contributed by atoms with E-state index in [1.165, 1.54) is 11.1 Å². The van der Waals surface area contributed by atoms with Crippen molar-refractivity contribution in [3.63, 3.8) is 0 Å². The van der Waals surface area contributed by atoms with Crippen molar-refractivity contribution in [2.45, 2.75) is 26.8 Å². The number of fused-ring (bicyclic) bond motifs is 1. The Morgan fingerprint density at radius 2 is 2.12 bits per heavy atom. The molecule has 0 N–H and O–H groups in total. The Morgan fingerprint density at radius 3 is 2.88 bits per heavy atom. The second-order valence-electron chi connectivity index (χ2n) is 4.15. The zero-order valence-electron chi connectivity index (χ0n) is 10.2. The average Bonchev–Trinajstić information content (AvgIpc) is 2.55.